The molecule has 0 saturated carbocycles. The summed E-state index contributed by atoms with van der Waals surface area (Å²) in [6.07, 6.45) is -7.32. The Bertz CT molecular complexity index is 377. The molecule has 0 spiro atoms. The Morgan fingerprint density at radius 2 is 1.88 bits per heavy atom. The van der Waals surface area contributed by atoms with Crippen LogP contribution in [0.1, 0.15) is 11.1 Å². The third kappa shape index (κ3) is 3.85. The van der Waals surface area contributed by atoms with Crippen LogP contribution in [0.4, 0.5) is 22.0 Å². The predicted octanol–water partition coefficient (Wildman–Crippen LogP) is 2.81. The van der Waals surface area contributed by atoms with Crippen LogP contribution in [0.3, 0.4) is 0 Å². The Morgan fingerprint density at radius 1 is 1.24 bits per heavy atom. The maximum Gasteiger partial charge on any atom is 0.416 e. The first-order valence-corrected chi connectivity index (χ1v) is 4.65. The van der Waals surface area contributed by atoms with Gasteiger partial charge >= 0.3 is 6.18 Å². The standard InChI is InChI=1S/C10H10F5NO/c11-9(12)5-17-7-2-1-6(4-16)8(3-7)10(13,14)15/h1-3,9H,4-5,16H2. The summed E-state index contributed by atoms with van der Waals surface area (Å²) >= 11 is 0. The molecule has 0 heterocycles. The van der Waals surface area contributed by atoms with Crippen LogP contribution in [0.15, 0.2) is 18.2 Å². The third-order valence-electron chi connectivity index (χ3n) is 1.98. The fourth-order valence-electron chi connectivity index (χ4n) is 1.25. The van der Waals surface area contributed by atoms with Crippen LogP contribution in [-0.4, -0.2) is 13.0 Å². The monoisotopic (exact) mass is 255 g/mol. The molecule has 17 heavy (non-hydrogen) atoms. The predicted molar refractivity (Wildman–Crippen MR) is 50.8 cm³/mol. The molecule has 1 aromatic carbocycles. The molecule has 2 nitrogen and oxygen atoms in total. The zero-order valence-corrected chi connectivity index (χ0v) is 8.60. The second kappa shape index (κ2) is 5.31. The molecule has 0 bridgehead atoms. The van der Waals surface area contributed by atoms with Crippen molar-refractivity contribution in [3.8, 4) is 5.75 Å². The summed E-state index contributed by atoms with van der Waals surface area (Å²) in [4.78, 5) is 0. The largest absolute Gasteiger partial charge is 0.488 e. The van der Waals surface area contributed by atoms with E-state index in [4.69, 9.17) is 5.73 Å². The summed E-state index contributed by atoms with van der Waals surface area (Å²) < 4.78 is 65.8. The highest BCUT2D eigenvalue weighted by atomic mass is 19.4. The Hall–Kier alpha value is -1.37. The van der Waals surface area contributed by atoms with Crippen molar-refractivity contribution in [3.63, 3.8) is 0 Å². The minimum absolute atomic E-state index is 0.109. The Balaban J connectivity index is 2.97. The lowest BCUT2D eigenvalue weighted by Crippen LogP contribution is -2.13. The zero-order valence-electron chi connectivity index (χ0n) is 8.60. The lowest BCUT2D eigenvalue weighted by atomic mass is 10.1. The van der Waals surface area contributed by atoms with E-state index in [-0.39, 0.29) is 17.9 Å². The molecule has 1 rings (SSSR count). The van der Waals surface area contributed by atoms with Crippen molar-refractivity contribution in [2.45, 2.75) is 19.1 Å². The number of nitrogens with two attached hydrogens (primary N) is 1. The summed E-state index contributed by atoms with van der Waals surface area (Å²) in [5.74, 6) is -0.255. The second-order valence-corrected chi connectivity index (χ2v) is 3.22. The van der Waals surface area contributed by atoms with E-state index in [0.29, 0.717) is 6.07 Å². The number of benzene rings is 1. The number of halogens is 5. The Labute approximate surface area is 94.2 Å². The molecule has 0 amide bonds. The van der Waals surface area contributed by atoms with Gasteiger partial charge in [-0.2, -0.15) is 13.2 Å². The first-order chi connectivity index (χ1) is 7.84. The van der Waals surface area contributed by atoms with Crippen molar-refractivity contribution >= 4 is 0 Å². The van der Waals surface area contributed by atoms with Crippen LogP contribution in [0.2, 0.25) is 0 Å². The zero-order chi connectivity index (χ0) is 13.1. The summed E-state index contributed by atoms with van der Waals surface area (Å²) in [7, 11) is 0. The molecule has 0 fully saturated rings. The first-order valence-electron chi connectivity index (χ1n) is 4.65. The van der Waals surface area contributed by atoms with E-state index in [1.807, 2.05) is 0 Å². The third-order valence-corrected chi connectivity index (χ3v) is 1.98. The molecular formula is C10H10F5NO. The first kappa shape index (κ1) is 13.7. The minimum Gasteiger partial charge on any atom is -0.488 e. The smallest absolute Gasteiger partial charge is 0.416 e. The van der Waals surface area contributed by atoms with E-state index in [2.05, 4.69) is 4.74 Å². The van der Waals surface area contributed by atoms with Gasteiger partial charge in [0.15, 0.2) is 0 Å². The van der Waals surface area contributed by atoms with Crippen molar-refractivity contribution in [3.05, 3.63) is 29.3 Å². The van der Waals surface area contributed by atoms with E-state index in [1.165, 1.54) is 6.07 Å². The van der Waals surface area contributed by atoms with Crippen molar-refractivity contribution in [1.29, 1.82) is 0 Å². The van der Waals surface area contributed by atoms with Crippen molar-refractivity contribution in [1.82, 2.24) is 0 Å². The van der Waals surface area contributed by atoms with Gasteiger partial charge in [0.2, 0.25) is 0 Å². The van der Waals surface area contributed by atoms with Crippen LogP contribution >= 0.6 is 0 Å². The SMILES string of the molecule is NCc1ccc(OCC(F)F)cc1C(F)(F)F. The van der Waals surface area contributed by atoms with E-state index < -0.39 is 24.8 Å². The summed E-state index contributed by atoms with van der Waals surface area (Å²) in [5, 5.41) is 0. The van der Waals surface area contributed by atoms with Crippen LogP contribution in [0.5, 0.6) is 5.75 Å². The van der Waals surface area contributed by atoms with Crippen molar-refractivity contribution in [2.75, 3.05) is 6.61 Å². The normalized spacial score (nSPS) is 11.9. The van der Waals surface area contributed by atoms with Gasteiger partial charge in [-0.15, -0.1) is 0 Å². The lowest BCUT2D eigenvalue weighted by Gasteiger charge is -2.13. The molecule has 7 heteroatoms. The molecule has 0 aliphatic carbocycles. The highest BCUT2D eigenvalue weighted by Crippen LogP contribution is 2.34. The maximum atomic E-state index is 12.6. The number of hydrogen-bond acceptors (Lipinski definition) is 2. The fourth-order valence-corrected chi connectivity index (χ4v) is 1.25. The Kier molecular flexibility index (Phi) is 4.28. The topological polar surface area (TPSA) is 35.2 Å². The van der Waals surface area contributed by atoms with Gasteiger partial charge in [-0.3, -0.25) is 0 Å². The molecule has 0 atom stereocenters. The van der Waals surface area contributed by atoms with Crippen LogP contribution in [-0.2, 0) is 12.7 Å². The number of alkyl halides is 5. The van der Waals surface area contributed by atoms with Gasteiger partial charge in [0, 0.05) is 6.54 Å². The van der Waals surface area contributed by atoms with Gasteiger partial charge in [0.05, 0.1) is 5.56 Å². The molecule has 0 aromatic heterocycles. The van der Waals surface area contributed by atoms with E-state index in [0.717, 1.165) is 6.07 Å². The van der Waals surface area contributed by atoms with Crippen LogP contribution < -0.4 is 10.5 Å². The highest BCUT2D eigenvalue weighted by Gasteiger charge is 2.33. The molecule has 96 valence electrons. The molecule has 0 aliphatic heterocycles. The van der Waals surface area contributed by atoms with Gasteiger partial charge < -0.3 is 10.5 Å². The Morgan fingerprint density at radius 3 is 2.35 bits per heavy atom. The number of ether oxygens (including phenoxy) is 1. The molecule has 0 radical (unpaired) electrons. The second-order valence-electron chi connectivity index (χ2n) is 3.22. The van der Waals surface area contributed by atoms with Gasteiger partial charge in [0.1, 0.15) is 12.4 Å². The molecule has 0 unspecified atom stereocenters. The quantitative estimate of drug-likeness (QED) is 0.839. The summed E-state index contributed by atoms with van der Waals surface area (Å²) in [6, 6.07) is 2.97. The van der Waals surface area contributed by atoms with E-state index >= 15 is 0 Å². The summed E-state index contributed by atoms with van der Waals surface area (Å²) in [5.41, 5.74) is 4.08. The van der Waals surface area contributed by atoms with Crippen LogP contribution in [0, 0.1) is 0 Å². The molecule has 2 N–H and O–H groups in total. The molecular weight excluding hydrogens is 245 g/mol. The van der Waals surface area contributed by atoms with Crippen molar-refractivity contribution in [2.24, 2.45) is 5.73 Å². The molecule has 0 aliphatic rings. The summed E-state index contributed by atoms with van der Waals surface area (Å²) in [6.45, 7) is -1.23. The van der Waals surface area contributed by atoms with Crippen molar-refractivity contribution < 1.29 is 26.7 Å². The lowest BCUT2D eigenvalue weighted by molar-refractivity contribution is -0.138. The van der Waals surface area contributed by atoms with E-state index in [9.17, 15) is 22.0 Å². The highest BCUT2D eigenvalue weighted by molar-refractivity contribution is 5.37. The van der Waals surface area contributed by atoms with Crippen LogP contribution in [0.25, 0.3) is 0 Å². The number of hydrogen-bond donors (Lipinski definition) is 1. The minimum atomic E-state index is -4.58. The number of rotatable bonds is 4. The average Bonchev–Trinajstić information content (AvgIpc) is 2.24. The average molecular weight is 255 g/mol. The van der Waals surface area contributed by atoms with Gasteiger partial charge in [-0.1, -0.05) is 6.07 Å². The molecule has 0 saturated heterocycles. The van der Waals surface area contributed by atoms with Gasteiger partial charge in [-0.25, -0.2) is 8.78 Å². The van der Waals surface area contributed by atoms with Gasteiger partial charge in [0.25, 0.3) is 6.43 Å². The fraction of sp³-hybridized carbons (Fsp3) is 0.400. The molecule has 1 aromatic rings. The van der Waals surface area contributed by atoms with E-state index in [1.54, 1.807) is 0 Å². The van der Waals surface area contributed by atoms with Gasteiger partial charge in [-0.05, 0) is 17.7 Å². The maximum absolute atomic E-state index is 12.6.